The van der Waals surface area contributed by atoms with Crippen molar-refractivity contribution >= 4 is 61.7 Å². The summed E-state index contributed by atoms with van der Waals surface area (Å²) in [6.07, 6.45) is 0.709. The van der Waals surface area contributed by atoms with Crippen molar-refractivity contribution in [1.82, 2.24) is 9.88 Å². The van der Waals surface area contributed by atoms with Crippen LogP contribution in [0.15, 0.2) is 78.9 Å². The van der Waals surface area contributed by atoms with Gasteiger partial charge in [-0.15, -0.1) is 0 Å². The molecule has 48 heavy (non-hydrogen) atoms. The van der Waals surface area contributed by atoms with Crippen molar-refractivity contribution in [3.05, 3.63) is 124 Å². The van der Waals surface area contributed by atoms with Crippen LogP contribution in [0.25, 0.3) is 10.9 Å². The Labute approximate surface area is 287 Å². The summed E-state index contributed by atoms with van der Waals surface area (Å²) in [6, 6.07) is 23.5. The molecule has 7 rings (SSSR count). The van der Waals surface area contributed by atoms with E-state index in [1.807, 2.05) is 24.3 Å². The molecule has 14 heteroatoms. The Balaban J connectivity index is 0.000000519. The van der Waals surface area contributed by atoms with E-state index in [1.165, 1.54) is 48.0 Å². The maximum Gasteiger partial charge on any atom is 0.162 e. The van der Waals surface area contributed by atoms with Crippen LogP contribution >= 0.6 is 0 Å². The van der Waals surface area contributed by atoms with Gasteiger partial charge >= 0.3 is 0 Å². The maximum atomic E-state index is 14.0. The molecule has 3 heterocycles. The molecule has 0 saturated heterocycles. The van der Waals surface area contributed by atoms with Gasteiger partial charge in [0, 0.05) is 80.0 Å². The zero-order chi connectivity index (χ0) is 33.9. The Morgan fingerprint density at radius 3 is 2.38 bits per heavy atom. The summed E-state index contributed by atoms with van der Waals surface area (Å²) in [4.78, 5) is 6.20. The minimum absolute atomic E-state index is 0.0638. The van der Waals surface area contributed by atoms with E-state index in [-0.39, 0.29) is 36.7 Å². The largest absolute Gasteiger partial charge is 0.497 e. The van der Waals surface area contributed by atoms with Gasteiger partial charge in [0.15, 0.2) is 11.5 Å². The number of nitrogens with one attached hydrogen (secondary N) is 1. The molecule has 0 spiro atoms. The van der Waals surface area contributed by atoms with Crippen molar-refractivity contribution in [2.75, 3.05) is 20.8 Å². The summed E-state index contributed by atoms with van der Waals surface area (Å²) in [7, 11) is 24.9. The number of H-pyrrole nitrogens is 1. The minimum Gasteiger partial charge on any atom is -0.497 e. The maximum absolute atomic E-state index is 14.0. The van der Waals surface area contributed by atoms with E-state index in [0.29, 0.717) is 11.5 Å². The van der Waals surface area contributed by atoms with E-state index in [4.69, 9.17) is 45.2 Å². The molecule has 229 valence electrons. The van der Waals surface area contributed by atoms with Gasteiger partial charge in [0.1, 0.15) is 24.0 Å². The molecule has 0 amide bonds. The fourth-order valence-corrected chi connectivity index (χ4v) is 6.64. The van der Waals surface area contributed by atoms with Crippen molar-refractivity contribution < 1.29 is 23.0 Å². The molecule has 2 unspecified atom stereocenters. The summed E-state index contributed by atoms with van der Waals surface area (Å²) in [5.41, 5.74) is 7.61. The number of rotatable bonds is 8. The third kappa shape index (κ3) is 6.96. The highest BCUT2D eigenvalue weighted by molar-refractivity contribution is 7.81. The number of benzene rings is 4. The van der Waals surface area contributed by atoms with Crippen molar-refractivity contribution in [1.29, 1.82) is 0 Å². The van der Waals surface area contributed by atoms with Gasteiger partial charge < -0.3 is 19.2 Å². The fourth-order valence-electron chi connectivity index (χ4n) is 6.64. The molecule has 4 aromatic carbocycles. The highest BCUT2D eigenvalue weighted by Gasteiger charge is 2.41. The van der Waals surface area contributed by atoms with E-state index in [0.717, 1.165) is 52.9 Å². The molecule has 0 saturated carbocycles. The first-order valence-corrected chi connectivity index (χ1v) is 15.8. The van der Waals surface area contributed by atoms with E-state index < -0.39 is 6.39 Å². The van der Waals surface area contributed by atoms with Gasteiger partial charge in [0.05, 0.1) is 20.3 Å². The zero-order valence-corrected chi connectivity index (χ0v) is 27.0. The molecular formula is C34H30B7F2N2O3. The normalized spacial score (nSPS) is 16.4. The molecule has 5 nitrogen and oxygen atoms in total. The molecule has 0 bridgehead atoms. The summed E-state index contributed by atoms with van der Waals surface area (Å²) in [5.74, 6) is 1.55. The molecular weight excluding hydrogens is 598 g/mol. The Bertz CT molecular complexity index is 1890. The highest BCUT2D eigenvalue weighted by atomic mass is 19.1. The van der Waals surface area contributed by atoms with Gasteiger partial charge in [-0.2, -0.15) is 0 Å². The number of ether oxygens (including phenoxy) is 3. The lowest BCUT2D eigenvalue weighted by Gasteiger charge is -2.46. The molecule has 0 fully saturated rings. The summed E-state index contributed by atoms with van der Waals surface area (Å²) >= 11 is 0. The quantitative estimate of drug-likeness (QED) is 0.255. The average Bonchev–Trinajstić information content (AvgIpc) is 3.46. The Hall–Kier alpha value is -3.91. The second kappa shape index (κ2) is 14.7. The molecule has 2 atom stereocenters. The number of fused-ring (bicyclic) bond motifs is 6. The van der Waals surface area contributed by atoms with E-state index in [9.17, 15) is 8.78 Å². The number of hydrogen-bond donors (Lipinski definition) is 1. The molecule has 0 aliphatic carbocycles. The fraction of sp³-hybridized carbons (Fsp3) is 0.235. The van der Waals surface area contributed by atoms with Crippen molar-refractivity contribution in [2.24, 2.45) is 0 Å². The molecule has 1 aromatic heterocycles. The van der Waals surface area contributed by atoms with Crippen LogP contribution in [0.5, 0.6) is 17.2 Å². The van der Waals surface area contributed by atoms with E-state index in [2.05, 4.69) is 34.1 Å². The van der Waals surface area contributed by atoms with Crippen LogP contribution in [0.4, 0.5) is 8.78 Å². The first kappa shape index (κ1) is 34.0. The highest BCUT2D eigenvalue weighted by Crippen LogP contribution is 2.50. The topological polar surface area (TPSA) is 46.7 Å². The number of aromatic nitrogens is 1. The molecule has 2 aliphatic rings. The predicted molar refractivity (Wildman–Crippen MR) is 194 cm³/mol. The zero-order valence-electron chi connectivity index (χ0n) is 27.0. The summed E-state index contributed by atoms with van der Waals surface area (Å²) < 4.78 is 45.3. The van der Waals surface area contributed by atoms with Crippen LogP contribution in [-0.2, 0) is 19.4 Å². The standard InChI is InChI=1S/C34H30F2N2O3.B7/c1-39-25-10-11-29-27(16-25)28-17-30-26-18-32(41-19-20-4-3-5-24(36)14-20)31(40-2)15-22(26)12-13-38(30)34(33(28)37-29)21-6-8-23(35)9-7-21;1-5-7(4)6(2)3/h3-11,14-16,18,30,34,37H,12-13,17,19H2,1-2H3;. The summed E-state index contributed by atoms with van der Waals surface area (Å²) in [5, 5.41) is 1.13. The number of hydrogen-bond acceptors (Lipinski definition) is 4. The van der Waals surface area contributed by atoms with E-state index in [1.54, 1.807) is 20.3 Å². The molecule has 5 aromatic rings. The number of aromatic amines is 1. The molecule has 1 N–H and O–H groups in total. The van der Waals surface area contributed by atoms with Crippen LogP contribution < -0.4 is 14.2 Å². The van der Waals surface area contributed by atoms with Crippen molar-refractivity contribution in [2.45, 2.75) is 31.5 Å². The first-order chi connectivity index (χ1) is 23.2. The number of halogens is 2. The Morgan fingerprint density at radius 1 is 0.917 bits per heavy atom. The monoisotopic (exact) mass is 629 g/mol. The van der Waals surface area contributed by atoms with Crippen LogP contribution in [0.2, 0.25) is 0 Å². The summed E-state index contributed by atoms with van der Waals surface area (Å²) in [6.45, 7) is 1.07. The van der Waals surface area contributed by atoms with Gasteiger partial charge in [-0.05, 0) is 95.3 Å². The predicted octanol–water partition coefficient (Wildman–Crippen LogP) is 4.62. The van der Waals surface area contributed by atoms with Crippen molar-refractivity contribution in [3.8, 4) is 17.2 Å². The Kier molecular flexibility index (Phi) is 10.4. The van der Waals surface area contributed by atoms with E-state index >= 15 is 0 Å². The van der Waals surface area contributed by atoms with Gasteiger partial charge in [0.25, 0.3) is 0 Å². The smallest absolute Gasteiger partial charge is 0.162 e. The lowest BCUT2D eigenvalue weighted by Crippen LogP contribution is -2.43. The third-order valence-corrected chi connectivity index (χ3v) is 9.11. The van der Waals surface area contributed by atoms with Gasteiger partial charge in [-0.1, -0.05) is 24.3 Å². The van der Waals surface area contributed by atoms with Crippen molar-refractivity contribution in [3.63, 3.8) is 0 Å². The second-order valence-electron chi connectivity index (χ2n) is 12.1. The lowest BCUT2D eigenvalue weighted by atomic mass is 8.76. The number of methoxy groups -OCH3 is 2. The SMILES string of the molecule is COc1ccc2[nH]c3c(c2c1)CC1c2cc(OCc4cccc(F)c4)c(OC)cc2CCN1C3c1ccc(F)cc1.[B][B]B([B])B([B])[B]. The van der Waals surface area contributed by atoms with Crippen LogP contribution in [0, 0.1) is 11.6 Å². The van der Waals surface area contributed by atoms with Gasteiger partial charge in [-0.3, -0.25) is 4.90 Å². The average molecular weight is 628 g/mol. The molecule has 2 aliphatic heterocycles. The molecule has 9 radical (unpaired) electrons. The van der Waals surface area contributed by atoms with Crippen LogP contribution in [0.1, 0.15) is 45.6 Å². The first-order valence-electron chi connectivity index (χ1n) is 15.8. The van der Waals surface area contributed by atoms with Crippen LogP contribution in [0.3, 0.4) is 0 Å². The third-order valence-electron chi connectivity index (χ3n) is 9.11. The van der Waals surface area contributed by atoms with Gasteiger partial charge in [-0.25, -0.2) is 8.78 Å². The number of nitrogens with zero attached hydrogens (tertiary/aromatic N) is 1. The lowest BCUT2D eigenvalue weighted by molar-refractivity contribution is 0.127. The Morgan fingerprint density at radius 2 is 1.71 bits per heavy atom. The second-order valence-corrected chi connectivity index (χ2v) is 12.1. The van der Waals surface area contributed by atoms with Gasteiger partial charge in [0.2, 0.25) is 0 Å². The van der Waals surface area contributed by atoms with Crippen LogP contribution in [-0.4, -0.2) is 81.4 Å². The minimum atomic E-state index is -0.537.